The molecular weight excluding hydrogens is 655 g/mol. The smallest absolute Gasteiger partial charge is 0.457 e. The Morgan fingerprint density at radius 3 is 1.68 bits per heavy atom. The van der Waals surface area contributed by atoms with Gasteiger partial charge in [-0.25, -0.2) is 4.57 Å². The summed E-state index contributed by atoms with van der Waals surface area (Å²) in [5.74, 6) is -0.385. The van der Waals surface area contributed by atoms with Gasteiger partial charge in [0.25, 0.3) is 0 Å². The van der Waals surface area contributed by atoms with Crippen molar-refractivity contribution in [2.45, 2.75) is 193 Å². The predicted octanol–water partition coefficient (Wildman–Crippen LogP) is 10.7. The normalized spacial score (nSPS) is 14.4. The number of carbonyl (C=O) groups excluding carboxylic acids is 1. The summed E-state index contributed by atoms with van der Waals surface area (Å²) in [7, 11) is -4.51. The van der Waals surface area contributed by atoms with E-state index in [0.29, 0.717) is 6.61 Å². The van der Waals surface area contributed by atoms with Gasteiger partial charge in [0.15, 0.2) is 0 Å². The fourth-order valence-corrected chi connectivity index (χ4v) is 6.30. The van der Waals surface area contributed by atoms with Gasteiger partial charge < -0.3 is 24.6 Å². The van der Waals surface area contributed by atoms with Crippen molar-refractivity contribution >= 4 is 13.8 Å². The fourth-order valence-electron chi connectivity index (χ4n) is 5.51. The van der Waals surface area contributed by atoms with Gasteiger partial charge >= 0.3 is 13.8 Å². The summed E-state index contributed by atoms with van der Waals surface area (Å²) in [6, 6.07) is 0. The van der Waals surface area contributed by atoms with E-state index < -0.39 is 33.2 Å². The number of ether oxygens (including phenoxy) is 2. The largest absolute Gasteiger partial charge is 0.472 e. The van der Waals surface area contributed by atoms with E-state index in [1.165, 1.54) is 103 Å². The lowest BCUT2D eigenvalue weighted by Crippen LogP contribution is -2.29. The number of aliphatic hydroxyl groups excluding tert-OH is 2. The monoisotopic (exact) mass is 733 g/mol. The van der Waals surface area contributed by atoms with Gasteiger partial charge in [-0.2, -0.15) is 0 Å². The maximum absolute atomic E-state index is 12.6. The molecule has 0 spiro atoms. The molecule has 0 saturated carbocycles. The molecule has 3 N–H and O–H groups in total. The quantitative estimate of drug-likeness (QED) is 0.0244. The molecular formula is C40H77O9P. The van der Waals surface area contributed by atoms with E-state index in [9.17, 15) is 19.4 Å². The molecule has 3 unspecified atom stereocenters. The number of phosphoric ester groups is 1. The average Bonchev–Trinajstić information content (AvgIpc) is 3.10. The molecule has 50 heavy (non-hydrogen) atoms. The molecule has 0 saturated heterocycles. The fraction of sp³-hybridized carbons (Fsp3) is 0.875. The van der Waals surface area contributed by atoms with Crippen LogP contribution in [0.15, 0.2) is 24.3 Å². The summed E-state index contributed by atoms with van der Waals surface area (Å²) < 4.78 is 33.3. The zero-order valence-corrected chi connectivity index (χ0v) is 33.0. The molecule has 0 aliphatic heterocycles. The third-order valence-corrected chi connectivity index (χ3v) is 9.57. The first kappa shape index (κ1) is 48.9. The molecule has 9 nitrogen and oxygen atoms in total. The van der Waals surface area contributed by atoms with Crippen LogP contribution in [0.5, 0.6) is 0 Å². The Morgan fingerprint density at radius 2 is 1.12 bits per heavy atom. The molecule has 0 radical (unpaired) electrons. The van der Waals surface area contributed by atoms with Crippen molar-refractivity contribution in [1.29, 1.82) is 0 Å². The van der Waals surface area contributed by atoms with E-state index in [1.54, 1.807) is 0 Å². The van der Waals surface area contributed by atoms with Crippen molar-refractivity contribution in [3.8, 4) is 0 Å². The molecule has 10 heteroatoms. The molecule has 296 valence electrons. The van der Waals surface area contributed by atoms with Crippen LogP contribution in [0.2, 0.25) is 0 Å². The zero-order valence-electron chi connectivity index (χ0n) is 32.1. The third kappa shape index (κ3) is 36.7. The molecule has 0 aromatic carbocycles. The van der Waals surface area contributed by atoms with Crippen molar-refractivity contribution in [2.24, 2.45) is 0 Å². The first-order chi connectivity index (χ1) is 24.3. The lowest BCUT2D eigenvalue weighted by atomic mass is 10.0. The maximum atomic E-state index is 12.6. The molecule has 0 aromatic heterocycles. The highest BCUT2D eigenvalue weighted by Crippen LogP contribution is 2.43. The van der Waals surface area contributed by atoms with Gasteiger partial charge in [-0.05, 0) is 38.5 Å². The van der Waals surface area contributed by atoms with Gasteiger partial charge in [0, 0.05) is 13.0 Å². The minimum atomic E-state index is -4.51. The van der Waals surface area contributed by atoms with Crippen LogP contribution >= 0.6 is 7.82 Å². The molecule has 3 atom stereocenters. The van der Waals surface area contributed by atoms with E-state index in [4.69, 9.17) is 23.6 Å². The molecule has 0 aliphatic carbocycles. The first-order valence-electron chi connectivity index (χ1n) is 20.3. The second-order valence-electron chi connectivity index (χ2n) is 13.7. The number of unbranched alkanes of at least 4 members (excludes halogenated alkanes) is 21. The van der Waals surface area contributed by atoms with Crippen LogP contribution < -0.4 is 0 Å². The van der Waals surface area contributed by atoms with Crippen LogP contribution in [0.25, 0.3) is 0 Å². The standard InChI is InChI=1S/C40H77O9P/c1-3-5-7-9-11-13-15-17-19-20-22-24-26-28-30-32-40(43)49-39(37-48-50(44,45)47-35-38(42)34-41)36-46-33-31-29-27-25-23-21-18-16-14-12-10-8-6-4-2/h8,10,14,16,38-39,41-42H,3-7,9,11-13,15,17-37H2,1-2H3,(H,44,45)/b10-8-,16-14-. The lowest BCUT2D eigenvalue weighted by Gasteiger charge is -2.20. The highest BCUT2D eigenvalue weighted by atomic mass is 31.2. The summed E-state index contributed by atoms with van der Waals surface area (Å²) in [4.78, 5) is 22.5. The number of esters is 1. The van der Waals surface area contributed by atoms with Crippen molar-refractivity contribution in [3.05, 3.63) is 24.3 Å². The van der Waals surface area contributed by atoms with Gasteiger partial charge in [0.2, 0.25) is 0 Å². The van der Waals surface area contributed by atoms with Crippen LogP contribution in [0.3, 0.4) is 0 Å². The Balaban J connectivity index is 4.20. The molecule has 0 aromatic rings. The summed E-state index contributed by atoms with van der Waals surface area (Å²) in [6.07, 6.45) is 37.0. The van der Waals surface area contributed by atoms with Crippen LogP contribution in [0, 0.1) is 0 Å². The topological polar surface area (TPSA) is 132 Å². The molecule has 0 amide bonds. The molecule has 0 aliphatic rings. The Hall–Kier alpha value is -1.06. The Labute approximate surface area is 306 Å². The van der Waals surface area contributed by atoms with Gasteiger partial charge in [-0.3, -0.25) is 13.8 Å². The third-order valence-electron chi connectivity index (χ3n) is 8.62. The summed E-state index contributed by atoms with van der Waals surface area (Å²) in [6.45, 7) is 3.45. The number of phosphoric acid groups is 1. The Bertz CT molecular complexity index is 836. The van der Waals surface area contributed by atoms with Crippen LogP contribution in [0.1, 0.15) is 181 Å². The van der Waals surface area contributed by atoms with Crippen molar-refractivity contribution in [2.75, 3.05) is 33.0 Å². The van der Waals surface area contributed by atoms with E-state index in [1.807, 2.05) is 0 Å². The predicted molar refractivity (Wildman–Crippen MR) is 205 cm³/mol. The van der Waals surface area contributed by atoms with Gasteiger partial charge in [0.1, 0.15) is 12.2 Å². The van der Waals surface area contributed by atoms with Crippen molar-refractivity contribution in [3.63, 3.8) is 0 Å². The van der Waals surface area contributed by atoms with Crippen LogP contribution in [0.4, 0.5) is 0 Å². The molecule has 0 bridgehead atoms. The first-order valence-corrected chi connectivity index (χ1v) is 21.8. The van der Waals surface area contributed by atoms with E-state index in [2.05, 4.69) is 38.2 Å². The Morgan fingerprint density at radius 1 is 0.620 bits per heavy atom. The second-order valence-corrected chi connectivity index (χ2v) is 15.1. The van der Waals surface area contributed by atoms with E-state index >= 15 is 0 Å². The molecule has 0 heterocycles. The maximum Gasteiger partial charge on any atom is 0.472 e. The highest BCUT2D eigenvalue weighted by Gasteiger charge is 2.26. The molecule has 0 fully saturated rings. The van der Waals surface area contributed by atoms with Gasteiger partial charge in [-0.1, -0.05) is 160 Å². The SMILES string of the molecule is CCC/C=C\C/C=C\CCCCCCCCOCC(COP(=O)(O)OCC(O)CO)OC(=O)CCCCCCCCCCCCCCCCC. The van der Waals surface area contributed by atoms with Crippen LogP contribution in [-0.2, 0) is 27.9 Å². The second kappa shape index (κ2) is 37.7. The minimum absolute atomic E-state index is 0.0455. The summed E-state index contributed by atoms with van der Waals surface area (Å²) in [5.41, 5.74) is 0. The van der Waals surface area contributed by atoms with Crippen molar-refractivity contribution < 1.29 is 43.0 Å². The van der Waals surface area contributed by atoms with E-state index in [-0.39, 0.29) is 25.6 Å². The minimum Gasteiger partial charge on any atom is -0.457 e. The Kier molecular flexibility index (Phi) is 36.9. The van der Waals surface area contributed by atoms with Crippen molar-refractivity contribution in [1.82, 2.24) is 0 Å². The summed E-state index contributed by atoms with van der Waals surface area (Å²) in [5, 5.41) is 18.3. The van der Waals surface area contributed by atoms with Gasteiger partial charge in [0.05, 0.1) is 26.4 Å². The van der Waals surface area contributed by atoms with Gasteiger partial charge in [-0.15, -0.1) is 0 Å². The number of allylic oxidation sites excluding steroid dienone is 4. The number of carbonyl (C=O) groups is 1. The molecule has 0 rings (SSSR count). The average molecular weight is 733 g/mol. The number of hydrogen-bond acceptors (Lipinski definition) is 8. The highest BCUT2D eigenvalue weighted by molar-refractivity contribution is 7.47. The summed E-state index contributed by atoms with van der Waals surface area (Å²) >= 11 is 0. The van der Waals surface area contributed by atoms with Crippen LogP contribution in [-0.4, -0.2) is 66.3 Å². The number of aliphatic hydroxyl groups is 2. The number of rotatable bonds is 39. The van der Waals surface area contributed by atoms with E-state index in [0.717, 1.165) is 57.8 Å². The number of hydrogen-bond donors (Lipinski definition) is 3. The zero-order chi connectivity index (χ0) is 36.8. The lowest BCUT2D eigenvalue weighted by molar-refractivity contribution is -0.154.